The molecule has 5 atom stereocenters. The molecule has 1 aliphatic carbocycles. The Bertz CT molecular complexity index is 1080. The molecule has 8 heteroatoms. The third-order valence-corrected chi connectivity index (χ3v) is 8.41. The lowest BCUT2D eigenvalue weighted by Crippen LogP contribution is -2.52. The van der Waals surface area contributed by atoms with E-state index in [1.165, 1.54) is 5.56 Å². The first-order valence-corrected chi connectivity index (χ1v) is 12.8. The number of methoxy groups -OCH3 is 1. The number of cyclic esters (lactones) is 1. The van der Waals surface area contributed by atoms with E-state index in [0.717, 1.165) is 55.8 Å². The van der Waals surface area contributed by atoms with Crippen LogP contribution in [-0.4, -0.2) is 61.6 Å². The molecule has 2 saturated heterocycles. The van der Waals surface area contributed by atoms with Crippen molar-refractivity contribution in [3.63, 3.8) is 0 Å². The van der Waals surface area contributed by atoms with E-state index in [1.807, 2.05) is 0 Å². The molecular formula is C27H33NO7. The fourth-order valence-corrected chi connectivity index (χ4v) is 6.63. The molecule has 0 N–H and O–H groups in total. The van der Waals surface area contributed by atoms with Crippen LogP contribution in [0, 0.1) is 11.8 Å². The molecule has 1 spiro atoms. The normalized spacial score (nSPS) is 32.7. The quantitative estimate of drug-likeness (QED) is 0.570. The van der Waals surface area contributed by atoms with Crippen molar-refractivity contribution in [2.75, 3.05) is 27.0 Å². The van der Waals surface area contributed by atoms with Gasteiger partial charge in [0, 0.05) is 6.54 Å². The van der Waals surface area contributed by atoms with Gasteiger partial charge in [0.25, 0.3) is 0 Å². The predicted molar refractivity (Wildman–Crippen MR) is 125 cm³/mol. The summed E-state index contributed by atoms with van der Waals surface area (Å²) in [5.74, 6) is 1.22. The van der Waals surface area contributed by atoms with Gasteiger partial charge < -0.3 is 23.7 Å². The SMILES string of the molecule is COC1=C[C@]23CCCN2CCc2cc4c(cc2[C@@H]3[C@@H]1OC(=O)[C@@H]1OC(=O)C1CCC(C)C)OCO4. The molecule has 4 heterocycles. The minimum absolute atomic E-state index is 0.138. The van der Waals surface area contributed by atoms with Crippen molar-refractivity contribution in [1.82, 2.24) is 4.90 Å². The van der Waals surface area contributed by atoms with E-state index in [1.54, 1.807) is 7.11 Å². The lowest BCUT2D eigenvalue weighted by molar-refractivity contribution is -0.202. The van der Waals surface area contributed by atoms with Crippen molar-refractivity contribution >= 4 is 11.9 Å². The number of benzene rings is 1. The minimum atomic E-state index is -0.849. The summed E-state index contributed by atoms with van der Waals surface area (Å²) in [6, 6.07) is 4.14. The van der Waals surface area contributed by atoms with Crippen LogP contribution in [0.4, 0.5) is 0 Å². The Morgan fingerprint density at radius 3 is 2.77 bits per heavy atom. The highest BCUT2D eigenvalue weighted by Gasteiger charge is 2.59. The molecule has 1 aromatic carbocycles. The maximum Gasteiger partial charge on any atom is 0.349 e. The number of carbonyl (C=O) groups excluding carboxylic acids is 2. The highest BCUT2D eigenvalue weighted by Crippen LogP contribution is 2.55. The van der Waals surface area contributed by atoms with Crippen LogP contribution in [0.25, 0.3) is 0 Å². The van der Waals surface area contributed by atoms with E-state index < -0.39 is 24.1 Å². The second-order valence-electron chi connectivity index (χ2n) is 10.8. The van der Waals surface area contributed by atoms with Crippen molar-refractivity contribution in [2.45, 2.75) is 69.6 Å². The number of hydrogen-bond acceptors (Lipinski definition) is 8. The average molecular weight is 484 g/mol. The van der Waals surface area contributed by atoms with Gasteiger partial charge in [-0.05, 0) is 73.9 Å². The van der Waals surface area contributed by atoms with Gasteiger partial charge in [-0.1, -0.05) is 13.8 Å². The Balaban J connectivity index is 1.34. The molecule has 4 aliphatic heterocycles. The van der Waals surface area contributed by atoms with Gasteiger partial charge in [0.15, 0.2) is 17.6 Å². The minimum Gasteiger partial charge on any atom is -0.497 e. The summed E-state index contributed by atoms with van der Waals surface area (Å²) in [6.07, 6.45) is 5.13. The Morgan fingerprint density at radius 2 is 2.03 bits per heavy atom. The van der Waals surface area contributed by atoms with E-state index in [0.29, 0.717) is 18.1 Å². The van der Waals surface area contributed by atoms with Gasteiger partial charge in [0.05, 0.1) is 18.6 Å². The van der Waals surface area contributed by atoms with Gasteiger partial charge in [0.2, 0.25) is 12.9 Å². The van der Waals surface area contributed by atoms with Gasteiger partial charge >= 0.3 is 11.9 Å². The summed E-state index contributed by atoms with van der Waals surface area (Å²) in [5, 5.41) is 0. The third kappa shape index (κ3) is 3.51. The standard InChI is InChI=1S/C27H33NO7/c1-15(2)5-6-17-23(34-25(17)29)26(30)35-24-21(31-3)13-27-8-4-9-28(27)10-7-16-11-19-20(33-14-32-19)12-18(16)22(24)27/h11-13,15,17,22-24H,4-10,14H2,1-3H3/t17?,22-,23-,24-,27+/m1/s1. The van der Waals surface area contributed by atoms with Crippen molar-refractivity contribution in [3.05, 3.63) is 35.1 Å². The number of fused-ring (bicyclic) bond motifs is 3. The number of nitrogens with zero attached hydrogens (tertiary/aromatic N) is 1. The van der Waals surface area contributed by atoms with Gasteiger partial charge in [-0.15, -0.1) is 0 Å². The van der Waals surface area contributed by atoms with E-state index in [2.05, 4.69) is 37.0 Å². The van der Waals surface area contributed by atoms with Crippen molar-refractivity contribution in [3.8, 4) is 11.5 Å². The summed E-state index contributed by atoms with van der Waals surface area (Å²) in [5.41, 5.74) is 2.01. The molecule has 0 bridgehead atoms. The first-order valence-electron chi connectivity index (χ1n) is 12.8. The number of carbonyl (C=O) groups is 2. The van der Waals surface area contributed by atoms with Crippen LogP contribution >= 0.6 is 0 Å². The molecule has 0 saturated carbocycles. The smallest absolute Gasteiger partial charge is 0.349 e. The van der Waals surface area contributed by atoms with E-state index in [-0.39, 0.29) is 24.2 Å². The zero-order chi connectivity index (χ0) is 24.3. The Kier molecular flexibility index (Phi) is 5.47. The molecular weight excluding hydrogens is 450 g/mol. The fraction of sp³-hybridized carbons (Fsp3) is 0.630. The average Bonchev–Trinajstić information content (AvgIpc) is 3.50. The highest BCUT2D eigenvalue weighted by molar-refractivity contribution is 5.91. The molecule has 1 unspecified atom stereocenters. The van der Waals surface area contributed by atoms with Gasteiger partial charge in [-0.2, -0.15) is 0 Å². The van der Waals surface area contributed by atoms with Crippen molar-refractivity contribution in [1.29, 1.82) is 0 Å². The summed E-state index contributed by atoms with van der Waals surface area (Å²) in [4.78, 5) is 28.0. The largest absolute Gasteiger partial charge is 0.497 e. The van der Waals surface area contributed by atoms with Crippen molar-refractivity contribution < 1.29 is 33.3 Å². The second kappa shape index (κ2) is 8.43. The molecule has 0 radical (unpaired) electrons. The van der Waals surface area contributed by atoms with Gasteiger partial charge in [-0.3, -0.25) is 9.69 Å². The summed E-state index contributed by atoms with van der Waals surface area (Å²) in [6.45, 7) is 6.32. The van der Waals surface area contributed by atoms with Crippen LogP contribution in [0.3, 0.4) is 0 Å². The highest BCUT2D eigenvalue weighted by atomic mass is 16.7. The van der Waals surface area contributed by atoms with Crippen LogP contribution in [0.5, 0.6) is 11.5 Å². The maximum atomic E-state index is 13.4. The van der Waals surface area contributed by atoms with Gasteiger partial charge in [-0.25, -0.2) is 4.79 Å². The Morgan fingerprint density at radius 1 is 1.23 bits per heavy atom. The molecule has 2 fully saturated rings. The molecule has 6 rings (SSSR count). The molecule has 8 nitrogen and oxygen atoms in total. The lowest BCUT2D eigenvalue weighted by atomic mass is 9.77. The van der Waals surface area contributed by atoms with E-state index in [9.17, 15) is 9.59 Å². The number of rotatable bonds is 6. The van der Waals surface area contributed by atoms with Crippen LogP contribution in [0.15, 0.2) is 24.0 Å². The number of ether oxygens (including phenoxy) is 5. The maximum absolute atomic E-state index is 13.4. The Hall–Kier alpha value is -2.74. The molecule has 0 aromatic heterocycles. The third-order valence-electron chi connectivity index (χ3n) is 8.41. The molecule has 0 amide bonds. The first-order chi connectivity index (χ1) is 16.9. The number of esters is 2. The van der Waals surface area contributed by atoms with Crippen LogP contribution < -0.4 is 9.47 Å². The summed E-state index contributed by atoms with van der Waals surface area (Å²) >= 11 is 0. The number of hydrogen-bond donors (Lipinski definition) is 0. The monoisotopic (exact) mass is 483 g/mol. The molecule has 188 valence electrons. The van der Waals surface area contributed by atoms with Gasteiger partial charge in [0.1, 0.15) is 11.7 Å². The topological polar surface area (TPSA) is 83.5 Å². The predicted octanol–water partition coefficient (Wildman–Crippen LogP) is 3.32. The summed E-state index contributed by atoms with van der Waals surface area (Å²) < 4.78 is 28.7. The zero-order valence-electron chi connectivity index (χ0n) is 20.6. The zero-order valence-corrected chi connectivity index (χ0v) is 20.6. The van der Waals surface area contributed by atoms with Crippen LogP contribution in [0.2, 0.25) is 0 Å². The fourth-order valence-electron chi connectivity index (χ4n) is 6.63. The summed E-state index contributed by atoms with van der Waals surface area (Å²) in [7, 11) is 1.63. The Labute approximate surface area is 205 Å². The lowest BCUT2D eigenvalue weighted by Gasteiger charge is -2.40. The molecule has 35 heavy (non-hydrogen) atoms. The van der Waals surface area contributed by atoms with Crippen molar-refractivity contribution in [2.24, 2.45) is 11.8 Å². The second-order valence-corrected chi connectivity index (χ2v) is 10.8. The van der Waals surface area contributed by atoms with Crippen LogP contribution in [-0.2, 0) is 30.2 Å². The molecule has 1 aromatic rings. The van der Waals surface area contributed by atoms with E-state index >= 15 is 0 Å². The molecule has 5 aliphatic rings. The first kappa shape index (κ1) is 22.7. The van der Waals surface area contributed by atoms with E-state index in [4.69, 9.17) is 23.7 Å². The van der Waals surface area contributed by atoms with Crippen LogP contribution in [0.1, 0.15) is 56.6 Å².